The zero-order valence-corrected chi connectivity index (χ0v) is 7.53. The molecule has 13 heavy (non-hydrogen) atoms. The average molecular weight is 180 g/mol. The van der Waals surface area contributed by atoms with E-state index in [0.717, 1.165) is 18.5 Å². The molecule has 0 saturated carbocycles. The molecule has 4 heteroatoms. The summed E-state index contributed by atoms with van der Waals surface area (Å²) >= 11 is 0. The molecule has 0 radical (unpaired) electrons. The zero-order chi connectivity index (χ0) is 9.42. The smallest absolute Gasteiger partial charge is 0.306 e. The molecule has 0 saturated heterocycles. The van der Waals surface area contributed by atoms with Crippen molar-refractivity contribution in [3.8, 4) is 0 Å². The first-order valence-electron chi connectivity index (χ1n) is 4.41. The van der Waals surface area contributed by atoms with E-state index in [9.17, 15) is 4.79 Å². The molecule has 1 heterocycles. The van der Waals surface area contributed by atoms with Gasteiger partial charge in [-0.2, -0.15) is 5.10 Å². The number of carboxylic acids is 1. The van der Waals surface area contributed by atoms with Gasteiger partial charge in [0, 0.05) is 19.2 Å². The molecule has 1 atom stereocenters. The van der Waals surface area contributed by atoms with Gasteiger partial charge in [-0.1, -0.05) is 0 Å². The van der Waals surface area contributed by atoms with Crippen LogP contribution in [0.4, 0.5) is 0 Å². The quantitative estimate of drug-likeness (QED) is 0.688. The minimum atomic E-state index is -0.688. The molecular weight excluding hydrogens is 168 g/mol. The Morgan fingerprint density at radius 1 is 1.77 bits per heavy atom. The summed E-state index contributed by atoms with van der Waals surface area (Å²) in [4.78, 5) is 10.8. The van der Waals surface area contributed by atoms with Crippen LogP contribution in [-0.2, 0) is 24.7 Å². The first kappa shape index (κ1) is 8.29. The molecule has 4 nitrogen and oxygen atoms in total. The van der Waals surface area contributed by atoms with E-state index in [1.807, 2.05) is 13.2 Å². The maximum absolute atomic E-state index is 10.8. The summed E-state index contributed by atoms with van der Waals surface area (Å²) in [6.45, 7) is 0. The number of carbonyl (C=O) groups is 1. The monoisotopic (exact) mass is 180 g/mol. The van der Waals surface area contributed by atoms with E-state index in [2.05, 4.69) is 5.10 Å². The van der Waals surface area contributed by atoms with Crippen molar-refractivity contribution in [3.05, 3.63) is 17.5 Å². The maximum atomic E-state index is 10.8. The van der Waals surface area contributed by atoms with Crippen molar-refractivity contribution in [2.24, 2.45) is 13.0 Å². The molecule has 1 aromatic rings. The number of aliphatic carboxylic acids is 1. The summed E-state index contributed by atoms with van der Waals surface area (Å²) in [5, 5.41) is 13.0. The highest BCUT2D eigenvalue weighted by Gasteiger charge is 2.26. The Balaban J connectivity index is 2.27. The standard InChI is InChI=1S/C9H12N2O2/c1-11-8-4-6(9(12)13)2-3-7(8)5-10-11/h5-6H,2-4H2,1H3,(H,12,13)/t6-/m0/s1. The molecule has 0 bridgehead atoms. The number of aromatic nitrogens is 2. The number of nitrogens with zero attached hydrogens (tertiary/aromatic N) is 2. The van der Waals surface area contributed by atoms with E-state index in [-0.39, 0.29) is 5.92 Å². The Labute approximate surface area is 76.2 Å². The first-order chi connectivity index (χ1) is 6.18. The second-order valence-corrected chi connectivity index (χ2v) is 3.52. The average Bonchev–Trinajstić information content (AvgIpc) is 2.47. The molecule has 1 aliphatic rings. The lowest BCUT2D eigenvalue weighted by molar-refractivity contribution is -0.142. The van der Waals surface area contributed by atoms with Gasteiger partial charge in [-0.15, -0.1) is 0 Å². The van der Waals surface area contributed by atoms with E-state index < -0.39 is 5.97 Å². The number of hydrogen-bond donors (Lipinski definition) is 1. The third kappa shape index (κ3) is 1.32. The molecular formula is C9H12N2O2. The van der Waals surface area contributed by atoms with Crippen LogP contribution in [0, 0.1) is 5.92 Å². The van der Waals surface area contributed by atoms with Gasteiger partial charge in [-0.25, -0.2) is 0 Å². The highest BCUT2D eigenvalue weighted by Crippen LogP contribution is 2.24. The summed E-state index contributed by atoms with van der Waals surface area (Å²) in [5.41, 5.74) is 2.29. The van der Waals surface area contributed by atoms with Crippen molar-refractivity contribution in [1.82, 2.24) is 9.78 Å². The van der Waals surface area contributed by atoms with Gasteiger partial charge >= 0.3 is 5.97 Å². The first-order valence-corrected chi connectivity index (χ1v) is 4.41. The molecule has 0 amide bonds. The van der Waals surface area contributed by atoms with E-state index in [4.69, 9.17) is 5.11 Å². The lowest BCUT2D eigenvalue weighted by Gasteiger charge is -2.18. The fourth-order valence-corrected chi connectivity index (χ4v) is 1.86. The third-order valence-corrected chi connectivity index (χ3v) is 2.70. The van der Waals surface area contributed by atoms with Crippen LogP contribution in [0.25, 0.3) is 0 Å². The van der Waals surface area contributed by atoms with Crippen LogP contribution in [-0.4, -0.2) is 20.9 Å². The molecule has 2 rings (SSSR count). The number of carboxylic acid groups (broad SMARTS) is 1. The van der Waals surface area contributed by atoms with Crippen molar-refractivity contribution >= 4 is 5.97 Å². The van der Waals surface area contributed by atoms with Crippen molar-refractivity contribution in [3.63, 3.8) is 0 Å². The van der Waals surface area contributed by atoms with Crippen LogP contribution in [0.3, 0.4) is 0 Å². The van der Waals surface area contributed by atoms with Gasteiger partial charge in [0.05, 0.1) is 12.1 Å². The fraction of sp³-hybridized carbons (Fsp3) is 0.556. The van der Waals surface area contributed by atoms with Crippen LogP contribution in [0.2, 0.25) is 0 Å². The summed E-state index contributed by atoms with van der Waals surface area (Å²) in [5.74, 6) is -0.908. The van der Waals surface area contributed by atoms with Crippen molar-refractivity contribution in [2.75, 3.05) is 0 Å². The summed E-state index contributed by atoms with van der Waals surface area (Å²) < 4.78 is 1.78. The highest BCUT2D eigenvalue weighted by molar-refractivity contribution is 5.70. The second kappa shape index (κ2) is 2.87. The minimum Gasteiger partial charge on any atom is -0.481 e. The Hall–Kier alpha value is -1.32. The van der Waals surface area contributed by atoms with Crippen LogP contribution in [0.5, 0.6) is 0 Å². The van der Waals surface area contributed by atoms with Gasteiger partial charge in [0.1, 0.15) is 0 Å². The van der Waals surface area contributed by atoms with Crippen molar-refractivity contribution in [1.29, 1.82) is 0 Å². The predicted octanol–water partition coefficient (Wildman–Crippen LogP) is 0.610. The van der Waals surface area contributed by atoms with Gasteiger partial charge < -0.3 is 5.11 Å². The summed E-state index contributed by atoms with van der Waals surface area (Å²) in [6, 6.07) is 0. The molecule has 0 aromatic carbocycles. The number of rotatable bonds is 1. The summed E-state index contributed by atoms with van der Waals surface area (Å²) in [6.07, 6.45) is 4.06. The van der Waals surface area contributed by atoms with Gasteiger partial charge in [0.15, 0.2) is 0 Å². The third-order valence-electron chi connectivity index (χ3n) is 2.70. The van der Waals surface area contributed by atoms with E-state index in [1.54, 1.807) is 4.68 Å². The van der Waals surface area contributed by atoms with Gasteiger partial charge in [0.25, 0.3) is 0 Å². The van der Waals surface area contributed by atoms with Gasteiger partial charge in [-0.3, -0.25) is 9.48 Å². The summed E-state index contributed by atoms with van der Waals surface area (Å²) in [7, 11) is 1.86. The van der Waals surface area contributed by atoms with Crippen molar-refractivity contribution < 1.29 is 9.90 Å². The van der Waals surface area contributed by atoms with E-state index in [1.165, 1.54) is 5.56 Å². The molecule has 70 valence electrons. The van der Waals surface area contributed by atoms with Crippen molar-refractivity contribution in [2.45, 2.75) is 19.3 Å². The zero-order valence-electron chi connectivity index (χ0n) is 7.53. The maximum Gasteiger partial charge on any atom is 0.306 e. The number of aryl methyl sites for hydroxylation is 2. The van der Waals surface area contributed by atoms with Crippen LogP contribution in [0.1, 0.15) is 17.7 Å². The van der Waals surface area contributed by atoms with Gasteiger partial charge in [-0.05, 0) is 18.4 Å². The molecule has 0 spiro atoms. The Kier molecular flexibility index (Phi) is 1.83. The SMILES string of the molecule is Cn1ncc2c1C[C@@H](C(=O)O)CC2. The fourth-order valence-electron chi connectivity index (χ4n) is 1.86. The molecule has 1 N–H and O–H groups in total. The van der Waals surface area contributed by atoms with Crippen LogP contribution < -0.4 is 0 Å². The van der Waals surface area contributed by atoms with E-state index in [0.29, 0.717) is 6.42 Å². The lowest BCUT2D eigenvalue weighted by atomic mass is 9.88. The molecule has 0 aliphatic heterocycles. The Morgan fingerprint density at radius 2 is 2.54 bits per heavy atom. The number of fused-ring (bicyclic) bond motifs is 1. The molecule has 1 aromatic heterocycles. The predicted molar refractivity (Wildman–Crippen MR) is 46.4 cm³/mol. The second-order valence-electron chi connectivity index (χ2n) is 3.52. The highest BCUT2D eigenvalue weighted by atomic mass is 16.4. The van der Waals surface area contributed by atoms with Crippen LogP contribution >= 0.6 is 0 Å². The molecule has 0 unspecified atom stereocenters. The topological polar surface area (TPSA) is 55.1 Å². The van der Waals surface area contributed by atoms with Crippen LogP contribution in [0.15, 0.2) is 6.20 Å². The normalized spacial score (nSPS) is 21.2. The largest absolute Gasteiger partial charge is 0.481 e. The lowest BCUT2D eigenvalue weighted by Crippen LogP contribution is -2.23. The minimum absolute atomic E-state index is 0.220. The molecule has 1 aliphatic carbocycles. The Morgan fingerprint density at radius 3 is 3.23 bits per heavy atom. The van der Waals surface area contributed by atoms with Gasteiger partial charge in [0.2, 0.25) is 0 Å². The van der Waals surface area contributed by atoms with E-state index >= 15 is 0 Å². The Bertz CT molecular complexity index is 343. The molecule has 0 fully saturated rings. The number of hydrogen-bond acceptors (Lipinski definition) is 2.